The zero-order valence-corrected chi connectivity index (χ0v) is 11.7. The van der Waals surface area contributed by atoms with E-state index in [1.54, 1.807) is 18.5 Å². The summed E-state index contributed by atoms with van der Waals surface area (Å²) in [6.07, 6.45) is 0. The fraction of sp³-hybridized carbons (Fsp3) is 0.333. The Balaban J connectivity index is 2.33. The average molecular weight is 274 g/mol. The van der Waals surface area contributed by atoms with Crippen molar-refractivity contribution in [2.45, 2.75) is 27.0 Å². The van der Waals surface area contributed by atoms with Crippen molar-refractivity contribution in [1.29, 1.82) is 0 Å². The summed E-state index contributed by atoms with van der Waals surface area (Å²) in [5.41, 5.74) is 2.51. The van der Waals surface area contributed by atoms with Gasteiger partial charge < -0.3 is 9.84 Å². The van der Waals surface area contributed by atoms with Gasteiger partial charge in [0.25, 0.3) is 0 Å². The van der Waals surface area contributed by atoms with Crippen LogP contribution < -0.4 is 0 Å². The molecule has 0 saturated heterocycles. The second-order valence-corrected chi connectivity index (χ2v) is 4.43. The summed E-state index contributed by atoms with van der Waals surface area (Å²) in [6, 6.07) is 9.83. The standard InChI is InChI=1S/C15H18N2O3/c1-3-20-15(19)14-11(2)17(16-13(14)10-18)9-12-7-5-4-6-8-12/h4-8,18H,3,9-10H2,1-2H3. The summed E-state index contributed by atoms with van der Waals surface area (Å²) in [7, 11) is 0. The maximum absolute atomic E-state index is 11.9. The highest BCUT2D eigenvalue weighted by Gasteiger charge is 2.21. The van der Waals surface area contributed by atoms with Crippen LogP contribution in [0.5, 0.6) is 0 Å². The van der Waals surface area contributed by atoms with Crippen LogP contribution in [-0.2, 0) is 17.9 Å². The number of esters is 1. The Morgan fingerprint density at radius 1 is 1.35 bits per heavy atom. The van der Waals surface area contributed by atoms with Crippen molar-refractivity contribution >= 4 is 5.97 Å². The first-order valence-corrected chi connectivity index (χ1v) is 6.55. The van der Waals surface area contributed by atoms with E-state index in [0.29, 0.717) is 30.1 Å². The highest BCUT2D eigenvalue weighted by atomic mass is 16.5. The van der Waals surface area contributed by atoms with Gasteiger partial charge in [-0.3, -0.25) is 4.68 Å². The molecule has 1 N–H and O–H groups in total. The molecule has 0 unspecified atom stereocenters. The Labute approximate surface area is 117 Å². The van der Waals surface area contributed by atoms with Crippen LogP contribution in [0, 0.1) is 6.92 Å². The summed E-state index contributed by atoms with van der Waals surface area (Å²) in [5.74, 6) is -0.437. The largest absolute Gasteiger partial charge is 0.462 e. The van der Waals surface area contributed by atoms with E-state index in [4.69, 9.17) is 4.74 Å². The third-order valence-corrected chi connectivity index (χ3v) is 3.08. The summed E-state index contributed by atoms with van der Waals surface area (Å²) in [6.45, 7) is 4.13. The normalized spacial score (nSPS) is 10.6. The molecule has 0 saturated carbocycles. The quantitative estimate of drug-likeness (QED) is 0.846. The van der Waals surface area contributed by atoms with E-state index in [1.165, 1.54) is 0 Å². The van der Waals surface area contributed by atoms with E-state index < -0.39 is 5.97 Å². The van der Waals surface area contributed by atoms with Crippen LogP contribution in [-0.4, -0.2) is 27.5 Å². The van der Waals surface area contributed by atoms with Gasteiger partial charge in [0.1, 0.15) is 11.3 Å². The molecular formula is C15H18N2O3. The van der Waals surface area contributed by atoms with Crippen molar-refractivity contribution in [3.05, 3.63) is 52.8 Å². The molecule has 0 fully saturated rings. The van der Waals surface area contributed by atoms with Crippen LogP contribution >= 0.6 is 0 Å². The van der Waals surface area contributed by atoms with E-state index in [2.05, 4.69) is 5.10 Å². The van der Waals surface area contributed by atoms with E-state index in [1.807, 2.05) is 30.3 Å². The fourth-order valence-electron chi connectivity index (χ4n) is 2.10. The van der Waals surface area contributed by atoms with E-state index in [-0.39, 0.29) is 6.61 Å². The minimum atomic E-state index is -0.437. The maximum atomic E-state index is 11.9. The second-order valence-electron chi connectivity index (χ2n) is 4.43. The van der Waals surface area contributed by atoms with Gasteiger partial charge >= 0.3 is 5.97 Å². The number of aromatic nitrogens is 2. The minimum Gasteiger partial charge on any atom is -0.462 e. The highest BCUT2D eigenvalue weighted by Crippen LogP contribution is 2.17. The first-order valence-electron chi connectivity index (χ1n) is 6.55. The Hall–Kier alpha value is -2.14. The van der Waals surface area contributed by atoms with E-state index in [0.717, 1.165) is 5.56 Å². The zero-order valence-electron chi connectivity index (χ0n) is 11.7. The number of aliphatic hydroxyl groups is 1. The third-order valence-electron chi connectivity index (χ3n) is 3.08. The molecule has 0 aliphatic heterocycles. The third kappa shape index (κ3) is 2.88. The Bertz CT molecular complexity index is 591. The van der Waals surface area contributed by atoms with Gasteiger partial charge in [0.2, 0.25) is 0 Å². The van der Waals surface area contributed by atoms with Gasteiger partial charge in [-0.1, -0.05) is 30.3 Å². The van der Waals surface area contributed by atoms with Crippen molar-refractivity contribution in [3.8, 4) is 0 Å². The lowest BCUT2D eigenvalue weighted by molar-refractivity contribution is 0.0522. The molecule has 0 bridgehead atoms. The molecule has 2 aromatic rings. The first-order chi connectivity index (χ1) is 9.67. The molecule has 0 atom stereocenters. The Morgan fingerprint density at radius 2 is 2.05 bits per heavy atom. The van der Waals surface area contributed by atoms with Crippen LogP contribution in [0.25, 0.3) is 0 Å². The molecule has 20 heavy (non-hydrogen) atoms. The van der Waals surface area contributed by atoms with Crippen molar-refractivity contribution < 1.29 is 14.6 Å². The number of carbonyl (C=O) groups excluding carboxylic acids is 1. The molecule has 0 aliphatic carbocycles. The molecule has 106 valence electrons. The van der Waals surface area contributed by atoms with Gasteiger partial charge in [0.15, 0.2) is 0 Å². The topological polar surface area (TPSA) is 64.3 Å². The number of carbonyl (C=O) groups is 1. The van der Waals surface area contributed by atoms with Gasteiger partial charge in [-0.05, 0) is 19.4 Å². The maximum Gasteiger partial charge on any atom is 0.341 e. The molecule has 5 nitrogen and oxygen atoms in total. The predicted molar refractivity (Wildman–Crippen MR) is 74.4 cm³/mol. The summed E-state index contributed by atoms with van der Waals surface area (Å²) >= 11 is 0. The van der Waals surface area contributed by atoms with Crippen LogP contribution in [0.2, 0.25) is 0 Å². The lowest BCUT2D eigenvalue weighted by atomic mass is 10.2. The van der Waals surface area contributed by atoms with E-state index in [9.17, 15) is 9.90 Å². The Morgan fingerprint density at radius 3 is 2.65 bits per heavy atom. The molecule has 1 aromatic carbocycles. The summed E-state index contributed by atoms with van der Waals surface area (Å²) in [5, 5.41) is 13.6. The molecule has 0 radical (unpaired) electrons. The number of nitrogens with zero attached hydrogens (tertiary/aromatic N) is 2. The highest BCUT2D eigenvalue weighted by molar-refractivity contribution is 5.91. The molecule has 0 amide bonds. The van der Waals surface area contributed by atoms with Gasteiger partial charge in [0, 0.05) is 0 Å². The molecule has 1 aromatic heterocycles. The second kappa shape index (κ2) is 6.34. The van der Waals surface area contributed by atoms with Crippen molar-refractivity contribution in [1.82, 2.24) is 9.78 Å². The SMILES string of the molecule is CCOC(=O)c1c(CO)nn(Cc2ccccc2)c1C. The van der Waals surface area contributed by atoms with Gasteiger partial charge in [0.05, 0.1) is 25.5 Å². The lowest BCUT2D eigenvalue weighted by Crippen LogP contribution is -2.09. The van der Waals surface area contributed by atoms with Crippen molar-refractivity contribution in [3.63, 3.8) is 0 Å². The minimum absolute atomic E-state index is 0.281. The predicted octanol–water partition coefficient (Wildman–Crippen LogP) is 1.91. The molecule has 0 spiro atoms. The Kier molecular flexibility index (Phi) is 4.53. The van der Waals surface area contributed by atoms with Gasteiger partial charge in [-0.25, -0.2) is 4.79 Å². The smallest absolute Gasteiger partial charge is 0.341 e. The van der Waals surface area contributed by atoms with E-state index >= 15 is 0 Å². The number of hydrogen-bond acceptors (Lipinski definition) is 4. The van der Waals surface area contributed by atoms with Crippen molar-refractivity contribution in [2.24, 2.45) is 0 Å². The van der Waals surface area contributed by atoms with Crippen LogP contribution in [0.15, 0.2) is 30.3 Å². The summed E-state index contributed by atoms with van der Waals surface area (Å²) < 4.78 is 6.73. The van der Waals surface area contributed by atoms with Crippen molar-refractivity contribution in [2.75, 3.05) is 6.61 Å². The van der Waals surface area contributed by atoms with Crippen LogP contribution in [0.1, 0.15) is 34.2 Å². The molecule has 1 heterocycles. The summed E-state index contributed by atoms with van der Waals surface area (Å²) in [4.78, 5) is 11.9. The molecule has 2 rings (SSSR count). The average Bonchev–Trinajstić information content (AvgIpc) is 2.77. The molecule has 0 aliphatic rings. The van der Waals surface area contributed by atoms with Crippen LogP contribution in [0.4, 0.5) is 0 Å². The van der Waals surface area contributed by atoms with Crippen LogP contribution in [0.3, 0.4) is 0 Å². The molecule has 5 heteroatoms. The molecular weight excluding hydrogens is 256 g/mol. The van der Waals surface area contributed by atoms with Gasteiger partial charge in [-0.15, -0.1) is 0 Å². The number of ether oxygens (including phenoxy) is 1. The number of rotatable bonds is 5. The monoisotopic (exact) mass is 274 g/mol. The number of hydrogen-bond donors (Lipinski definition) is 1. The lowest BCUT2D eigenvalue weighted by Gasteiger charge is -2.05. The fourth-order valence-corrected chi connectivity index (χ4v) is 2.10. The first kappa shape index (κ1) is 14.3. The zero-order chi connectivity index (χ0) is 14.5. The number of benzene rings is 1. The number of aliphatic hydroxyl groups excluding tert-OH is 1. The van der Waals surface area contributed by atoms with Gasteiger partial charge in [-0.2, -0.15) is 5.10 Å².